The SMILES string of the molecule is CN(C)CCN1CCN(C(CN)c2cccc(F)c2)CC1. The molecule has 1 aliphatic heterocycles. The van der Waals surface area contributed by atoms with E-state index < -0.39 is 0 Å². The number of likely N-dealkylation sites (N-methyl/N-ethyl adjacent to an activating group) is 1. The third-order valence-electron chi connectivity index (χ3n) is 4.17. The Hall–Kier alpha value is -1.01. The summed E-state index contributed by atoms with van der Waals surface area (Å²) in [5.41, 5.74) is 6.92. The van der Waals surface area contributed by atoms with Gasteiger partial charge in [0.25, 0.3) is 0 Å². The standard InChI is InChI=1S/C16H27FN4/c1-19(2)6-7-20-8-10-21(11-9-20)16(13-18)14-4-3-5-15(17)12-14/h3-5,12,16H,6-11,13,18H2,1-2H3. The Balaban J connectivity index is 1.90. The minimum Gasteiger partial charge on any atom is -0.329 e. The molecule has 21 heavy (non-hydrogen) atoms. The fourth-order valence-corrected chi connectivity index (χ4v) is 2.85. The molecule has 0 spiro atoms. The largest absolute Gasteiger partial charge is 0.329 e. The highest BCUT2D eigenvalue weighted by molar-refractivity contribution is 5.20. The van der Waals surface area contributed by atoms with Crippen LogP contribution in [0, 0.1) is 5.82 Å². The maximum atomic E-state index is 13.4. The lowest BCUT2D eigenvalue weighted by Gasteiger charge is -2.39. The minimum absolute atomic E-state index is 0.122. The number of nitrogens with two attached hydrogens (primary N) is 1. The molecule has 0 bridgehead atoms. The molecule has 2 N–H and O–H groups in total. The van der Waals surface area contributed by atoms with Crippen molar-refractivity contribution in [3.63, 3.8) is 0 Å². The van der Waals surface area contributed by atoms with E-state index in [0.29, 0.717) is 6.54 Å². The molecular weight excluding hydrogens is 267 g/mol. The van der Waals surface area contributed by atoms with Gasteiger partial charge in [0.15, 0.2) is 0 Å². The number of hydrogen-bond acceptors (Lipinski definition) is 4. The van der Waals surface area contributed by atoms with Crippen molar-refractivity contribution in [2.45, 2.75) is 6.04 Å². The topological polar surface area (TPSA) is 35.7 Å². The molecule has 0 amide bonds. The molecule has 4 nitrogen and oxygen atoms in total. The van der Waals surface area contributed by atoms with E-state index in [1.807, 2.05) is 6.07 Å². The van der Waals surface area contributed by atoms with E-state index in [-0.39, 0.29) is 11.9 Å². The molecule has 1 saturated heterocycles. The average Bonchev–Trinajstić information content (AvgIpc) is 2.47. The van der Waals surface area contributed by atoms with E-state index in [1.54, 1.807) is 12.1 Å². The number of halogens is 1. The average molecular weight is 294 g/mol. The Bertz CT molecular complexity index is 430. The first kappa shape index (κ1) is 16.4. The van der Waals surface area contributed by atoms with Gasteiger partial charge in [-0.15, -0.1) is 0 Å². The van der Waals surface area contributed by atoms with Crippen molar-refractivity contribution in [3.8, 4) is 0 Å². The van der Waals surface area contributed by atoms with Crippen molar-refractivity contribution in [1.82, 2.24) is 14.7 Å². The molecule has 5 heteroatoms. The molecule has 118 valence electrons. The molecule has 1 heterocycles. The van der Waals surface area contributed by atoms with Gasteiger partial charge in [0, 0.05) is 51.9 Å². The van der Waals surface area contributed by atoms with Gasteiger partial charge < -0.3 is 10.6 Å². The molecule has 1 aromatic carbocycles. The van der Waals surface area contributed by atoms with Crippen molar-refractivity contribution in [2.24, 2.45) is 5.73 Å². The summed E-state index contributed by atoms with van der Waals surface area (Å²) in [7, 11) is 4.20. The highest BCUT2D eigenvalue weighted by atomic mass is 19.1. The first-order valence-electron chi connectivity index (χ1n) is 7.67. The molecule has 2 rings (SSSR count). The van der Waals surface area contributed by atoms with Gasteiger partial charge in [-0.1, -0.05) is 12.1 Å². The summed E-state index contributed by atoms with van der Waals surface area (Å²) in [5, 5.41) is 0. The molecule has 0 aromatic heterocycles. The summed E-state index contributed by atoms with van der Waals surface area (Å²) in [6.45, 7) is 6.82. The molecule has 1 atom stereocenters. The summed E-state index contributed by atoms with van der Waals surface area (Å²) in [6.07, 6.45) is 0. The highest BCUT2D eigenvalue weighted by Gasteiger charge is 2.24. The second-order valence-electron chi connectivity index (χ2n) is 5.99. The zero-order valence-electron chi connectivity index (χ0n) is 13.1. The molecular formula is C16H27FN4. The fraction of sp³-hybridized carbons (Fsp3) is 0.625. The smallest absolute Gasteiger partial charge is 0.123 e. The molecule has 1 fully saturated rings. The normalized spacial score (nSPS) is 19.1. The summed E-state index contributed by atoms with van der Waals surface area (Å²) >= 11 is 0. The monoisotopic (exact) mass is 294 g/mol. The number of rotatable bonds is 6. The molecule has 1 aliphatic rings. The lowest BCUT2D eigenvalue weighted by Crippen LogP contribution is -2.50. The van der Waals surface area contributed by atoms with Gasteiger partial charge in [0.2, 0.25) is 0 Å². The van der Waals surface area contributed by atoms with Crippen molar-refractivity contribution in [1.29, 1.82) is 0 Å². The summed E-state index contributed by atoms with van der Waals surface area (Å²) < 4.78 is 13.4. The Labute approximate surface area is 127 Å². The van der Waals surface area contributed by atoms with Crippen LogP contribution in [-0.2, 0) is 0 Å². The van der Waals surface area contributed by atoms with Gasteiger partial charge in [-0.05, 0) is 31.8 Å². The van der Waals surface area contributed by atoms with Crippen molar-refractivity contribution >= 4 is 0 Å². The number of benzene rings is 1. The lowest BCUT2D eigenvalue weighted by molar-refractivity contribution is 0.0939. The fourth-order valence-electron chi connectivity index (χ4n) is 2.85. The maximum absolute atomic E-state index is 13.4. The van der Waals surface area contributed by atoms with Crippen LogP contribution in [0.2, 0.25) is 0 Å². The number of piperazine rings is 1. The van der Waals surface area contributed by atoms with Crippen LogP contribution in [0.25, 0.3) is 0 Å². The molecule has 0 saturated carbocycles. The van der Waals surface area contributed by atoms with Crippen LogP contribution in [0.1, 0.15) is 11.6 Å². The molecule has 1 aromatic rings. The van der Waals surface area contributed by atoms with Crippen molar-refractivity contribution in [3.05, 3.63) is 35.6 Å². The van der Waals surface area contributed by atoms with Crippen LogP contribution < -0.4 is 5.73 Å². The first-order valence-corrected chi connectivity index (χ1v) is 7.67. The quantitative estimate of drug-likeness (QED) is 0.849. The first-order chi connectivity index (χ1) is 10.1. The van der Waals surface area contributed by atoms with Gasteiger partial charge in [0.1, 0.15) is 5.82 Å². The van der Waals surface area contributed by atoms with Crippen molar-refractivity contribution in [2.75, 3.05) is 59.9 Å². The Kier molecular flexibility index (Phi) is 6.11. The molecule has 1 unspecified atom stereocenters. The van der Waals surface area contributed by atoms with Crippen LogP contribution >= 0.6 is 0 Å². The van der Waals surface area contributed by atoms with Crippen LogP contribution in [-0.4, -0.2) is 74.6 Å². The van der Waals surface area contributed by atoms with Crippen LogP contribution in [0.5, 0.6) is 0 Å². The van der Waals surface area contributed by atoms with Crippen LogP contribution in [0.15, 0.2) is 24.3 Å². The van der Waals surface area contributed by atoms with Crippen LogP contribution in [0.4, 0.5) is 4.39 Å². The second-order valence-corrected chi connectivity index (χ2v) is 5.99. The minimum atomic E-state index is -0.185. The predicted octanol–water partition coefficient (Wildman–Crippen LogP) is 1.00. The van der Waals surface area contributed by atoms with Gasteiger partial charge in [0.05, 0.1) is 0 Å². The third-order valence-corrected chi connectivity index (χ3v) is 4.17. The number of nitrogens with zero attached hydrogens (tertiary/aromatic N) is 3. The Morgan fingerprint density at radius 1 is 1.24 bits per heavy atom. The van der Waals surface area contributed by atoms with Crippen LogP contribution in [0.3, 0.4) is 0 Å². The number of hydrogen-bond donors (Lipinski definition) is 1. The summed E-state index contributed by atoms with van der Waals surface area (Å²) in [4.78, 5) is 7.07. The Morgan fingerprint density at radius 3 is 2.52 bits per heavy atom. The summed E-state index contributed by atoms with van der Waals surface area (Å²) in [6, 6.07) is 6.95. The van der Waals surface area contributed by atoms with Gasteiger partial charge in [-0.25, -0.2) is 4.39 Å². The Morgan fingerprint density at radius 2 is 1.95 bits per heavy atom. The third kappa shape index (κ3) is 4.74. The zero-order valence-corrected chi connectivity index (χ0v) is 13.1. The predicted molar refractivity (Wildman–Crippen MR) is 84.8 cm³/mol. The second kappa shape index (κ2) is 7.84. The molecule has 0 radical (unpaired) electrons. The van der Waals surface area contributed by atoms with Crippen molar-refractivity contribution < 1.29 is 4.39 Å². The van der Waals surface area contributed by atoms with E-state index in [4.69, 9.17) is 5.73 Å². The van der Waals surface area contributed by atoms with E-state index in [2.05, 4.69) is 28.8 Å². The van der Waals surface area contributed by atoms with E-state index in [1.165, 1.54) is 6.07 Å². The zero-order chi connectivity index (χ0) is 15.2. The highest BCUT2D eigenvalue weighted by Crippen LogP contribution is 2.21. The van der Waals surface area contributed by atoms with E-state index in [9.17, 15) is 4.39 Å². The summed E-state index contributed by atoms with van der Waals surface area (Å²) in [5.74, 6) is -0.185. The van der Waals surface area contributed by atoms with E-state index >= 15 is 0 Å². The van der Waals surface area contributed by atoms with Gasteiger partial charge in [-0.2, -0.15) is 0 Å². The molecule has 0 aliphatic carbocycles. The lowest BCUT2D eigenvalue weighted by atomic mass is 10.0. The van der Waals surface area contributed by atoms with E-state index in [0.717, 1.165) is 44.8 Å². The van der Waals surface area contributed by atoms with Gasteiger partial charge in [-0.3, -0.25) is 9.80 Å². The van der Waals surface area contributed by atoms with Gasteiger partial charge >= 0.3 is 0 Å². The maximum Gasteiger partial charge on any atom is 0.123 e.